The smallest absolute Gasteiger partial charge is 0.225 e. The van der Waals surface area contributed by atoms with E-state index in [0.29, 0.717) is 6.42 Å². The van der Waals surface area contributed by atoms with Gasteiger partial charge in [-0.1, -0.05) is 31.4 Å². The van der Waals surface area contributed by atoms with E-state index in [9.17, 15) is 10.1 Å². The topological polar surface area (TPSA) is 62.1 Å². The third kappa shape index (κ3) is 3.02. The van der Waals surface area contributed by atoms with Gasteiger partial charge in [-0.3, -0.25) is 4.79 Å². The normalized spacial score (nSPS) is 19.2. The Bertz CT molecular complexity index is 583. The fraction of sp³-hybridized carbons (Fsp3) is 0.529. The fourth-order valence-electron chi connectivity index (χ4n) is 3.27. The molecule has 0 saturated heterocycles. The summed E-state index contributed by atoms with van der Waals surface area (Å²) in [7, 11) is 0. The summed E-state index contributed by atoms with van der Waals surface area (Å²) in [6, 6.07) is 8.24. The average Bonchev–Trinajstić information content (AvgIpc) is 2.95. The van der Waals surface area contributed by atoms with Crippen LogP contribution in [0.1, 0.15) is 43.2 Å². The molecule has 1 aromatic rings. The van der Waals surface area contributed by atoms with Crippen LogP contribution in [0.3, 0.4) is 0 Å². The Morgan fingerprint density at radius 2 is 2.14 bits per heavy atom. The summed E-state index contributed by atoms with van der Waals surface area (Å²) in [5.41, 5.74) is 1.52. The predicted octanol–water partition coefficient (Wildman–Crippen LogP) is 2.51. The van der Waals surface area contributed by atoms with Crippen LogP contribution in [0.25, 0.3) is 0 Å². The van der Waals surface area contributed by atoms with E-state index < -0.39 is 5.54 Å². The second-order valence-corrected chi connectivity index (χ2v) is 6.02. The minimum Gasteiger partial charge on any atom is -0.493 e. The molecule has 1 amide bonds. The minimum atomic E-state index is -0.644. The molecule has 0 unspecified atom stereocenters. The highest BCUT2D eigenvalue weighted by molar-refractivity contribution is 5.80. The summed E-state index contributed by atoms with van der Waals surface area (Å²) in [6.07, 6.45) is 5.97. The number of carbonyl (C=O) groups excluding carboxylic acids is 1. The van der Waals surface area contributed by atoms with Crippen molar-refractivity contribution in [3.63, 3.8) is 0 Å². The maximum atomic E-state index is 12.3. The zero-order valence-corrected chi connectivity index (χ0v) is 12.2. The molecule has 4 heteroatoms. The summed E-state index contributed by atoms with van der Waals surface area (Å²) >= 11 is 0. The lowest BCUT2D eigenvalue weighted by molar-refractivity contribution is -0.122. The van der Waals surface area contributed by atoms with Crippen molar-refractivity contribution >= 4 is 5.91 Å². The van der Waals surface area contributed by atoms with Crippen LogP contribution in [-0.4, -0.2) is 18.1 Å². The van der Waals surface area contributed by atoms with E-state index >= 15 is 0 Å². The maximum absolute atomic E-state index is 12.3. The first kappa shape index (κ1) is 13.9. The number of nitriles is 1. The Hall–Kier alpha value is -2.02. The number of nitrogens with one attached hydrogen (secondary N) is 1. The van der Waals surface area contributed by atoms with Crippen molar-refractivity contribution in [1.82, 2.24) is 5.32 Å². The highest BCUT2D eigenvalue weighted by Gasteiger charge is 2.33. The molecular weight excluding hydrogens is 264 g/mol. The van der Waals surface area contributed by atoms with Crippen LogP contribution in [0.5, 0.6) is 5.75 Å². The molecule has 0 radical (unpaired) electrons. The number of nitrogens with zero attached hydrogens (tertiary/aromatic N) is 1. The third-order valence-corrected chi connectivity index (χ3v) is 4.42. The zero-order valence-electron chi connectivity index (χ0n) is 12.2. The Balaban J connectivity index is 1.65. The van der Waals surface area contributed by atoms with Gasteiger partial charge in [0.2, 0.25) is 5.91 Å². The number of ether oxygens (including phenoxy) is 1. The number of hydrogen-bond acceptors (Lipinski definition) is 3. The first-order valence-corrected chi connectivity index (χ1v) is 7.68. The first-order chi connectivity index (χ1) is 10.2. The summed E-state index contributed by atoms with van der Waals surface area (Å²) in [6.45, 7) is 0.725. The molecule has 1 saturated carbocycles. The van der Waals surface area contributed by atoms with Gasteiger partial charge in [-0.15, -0.1) is 0 Å². The molecule has 21 heavy (non-hydrogen) atoms. The average molecular weight is 284 g/mol. The van der Waals surface area contributed by atoms with Crippen LogP contribution in [-0.2, 0) is 17.6 Å². The van der Waals surface area contributed by atoms with Gasteiger partial charge in [0.25, 0.3) is 0 Å². The van der Waals surface area contributed by atoms with Crippen LogP contribution in [0.4, 0.5) is 0 Å². The Morgan fingerprint density at radius 1 is 1.33 bits per heavy atom. The number of hydrogen-bond donors (Lipinski definition) is 1. The Labute approximate surface area is 125 Å². The van der Waals surface area contributed by atoms with Crippen molar-refractivity contribution in [2.75, 3.05) is 6.61 Å². The SMILES string of the molecule is N#CC1(NC(=O)Cc2ccc3c(c2)CCO3)CCCCC1. The molecule has 1 aliphatic heterocycles. The van der Waals surface area contributed by atoms with Gasteiger partial charge in [0.1, 0.15) is 11.3 Å². The van der Waals surface area contributed by atoms with E-state index in [-0.39, 0.29) is 5.91 Å². The molecule has 1 N–H and O–H groups in total. The highest BCUT2D eigenvalue weighted by atomic mass is 16.5. The van der Waals surface area contributed by atoms with Crippen LogP contribution in [0.15, 0.2) is 18.2 Å². The molecule has 4 nitrogen and oxygen atoms in total. The van der Waals surface area contributed by atoms with Gasteiger partial charge in [0.05, 0.1) is 19.1 Å². The molecule has 110 valence electrons. The number of benzene rings is 1. The summed E-state index contributed by atoms with van der Waals surface area (Å²) in [5, 5.41) is 12.4. The van der Waals surface area contributed by atoms with Crippen LogP contribution in [0.2, 0.25) is 0 Å². The van der Waals surface area contributed by atoms with E-state index in [4.69, 9.17) is 4.74 Å². The Morgan fingerprint density at radius 3 is 2.90 bits per heavy atom. The lowest BCUT2D eigenvalue weighted by Gasteiger charge is -2.31. The van der Waals surface area contributed by atoms with Crippen LogP contribution >= 0.6 is 0 Å². The minimum absolute atomic E-state index is 0.0580. The van der Waals surface area contributed by atoms with Gasteiger partial charge in [0, 0.05) is 6.42 Å². The van der Waals surface area contributed by atoms with E-state index in [2.05, 4.69) is 11.4 Å². The van der Waals surface area contributed by atoms with Crippen molar-refractivity contribution in [3.05, 3.63) is 29.3 Å². The van der Waals surface area contributed by atoms with Gasteiger partial charge in [-0.05, 0) is 30.0 Å². The second kappa shape index (κ2) is 5.77. The zero-order chi connectivity index (χ0) is 14.7. The van der Waals surface area contributed by atoms with E-state index in [0.717, 1.165) is 56.4 Å². The molecule has 2 aliphatic rings. The number of rotatable bonds is 3. The summed E-state index contributed by atoms with van der Waals surface area (Å²) in [4.78, 5) is 12.3. The fourth-order valence-corrected chi connectivity index (χ4v) is 3.27. The highest BCUT2D eigenvalue weighted by Crippen LogP contribution is 2.28. The van der Waals surface area contributed by atoms with Crippen molar-refractivity contribution < 1.29 is 9.53 Å². The first-order valence-electron chi connectivity index (χ1n) is 7.68. The van der Waals surface area contributed by atoms with E-state index in [1.807, 2.05) is 18.2 Å². The Kier molecular flexibility index (Phi) is 3.83. The molecule has 0 atom stereocenters. The summed E-state index contributed by atoms with van der Waals surface area (Å²) in [5.74, 6) is 0.872. The van der Waals surface area contributed by atoms with Gasteiger partial charge >= 0.3 is 0 Å². The van der Waals surface area contributed by atoms with E-state index in [1.165, 1.54) is 5.56 Å². The summed E-state index contributed by atoms with van der Waals surface area (Å²) < 4.78 is 5.47. The monoisotopic (exact) mass is 284 g/mol. The number of amides is 1. The van der Waals surface area contributed by atoms with Gasteiger partial charge in [-0.2, -0.15) is 5.26 Å². The standard InChI is InChI=1S/C17H20N2O2/c18-12-17(7-2-1-3-8-17)19-16(20)11-13-4-5-15-14(10-13)6-9-21-15/h4-5,10H,1-3,6-9,11H2,(H,19,20). The van der Waals surface area contributed by atoms with Gasteiger partial charge < -0.3 is 10.1 Å². The van der Waals surface area contributed by atoms with E-state index in [1.54, 1.807) is 0 Å². The van der Waals surface area contributed by atoms with Crippen molar-refractivity contribution in [1.29, 1.82) is 5.26 Å². The number of fused-ring (bicyclic) bond motifs is 1. The molecule has 0 aromatic heterocycles. The largest absolute Gasteiger partial charge is 0.493 e. The number of carbonyl (C=O) groups is 1. The van der Waals surface area contributed by atoms with Crippen LogP contribution < -0.4 is 10.1 Å². The van der Waals surface area contributed by atoms with Crippen molar-refractivity contribution in [2.45, 2.75) is 50.5 Å². The second-order valence-electron chi connectivity index (χ2n) is 6.02. The molecular formula is C17H20N2O2. The molecule has 1 aliphatic carbocycles. The van der Waals surface area contributed by atoms with Crippen molar-refractivity contribution in [3.8, 4) is 11.8 Å². The molecule has 0 bridgehead atoms. The van der Waals surface area contributed by atoms with Gasteiger partial charge in [-0.25, -0.2) is 0 Å². The third-order valence-electron chi connectivity index (χ3n) is 4.42. The lowest BCUT2D eigenvalue weighted by atomic mass is 9.82. The van der Waals surface area contributed by atoms with Crippen molar-refractivity contribution in [2.24, 2.45) is 0 Å². The van der Waals surface area contributed by atoms with Crippen LogP contribution in [0, 0.1) is 11.3 Å². The lowest BCUT2D eigenvalue weighted by Crippen LogP contribution is -2.49. The molecule has 1 aromatic carbocycles. The van der Waals surface area contributed by atoms with Gasteiger partial charge in [0.15, 0.2) is 0 Å². The predicted molar refractivity (Wildman–Crippen MR) is 78.9 cm³/mol. The molecule has 3 rings (SSSR count). The quantitative estimate of drug-likeness (QED) is 0.927. The maximum Gasteiger partial charge on any atom is 0.225 e. The molecule has 0 spiro atoms. The molecule has 1 heterocycles. The molecule has 1 fully saturated rings.